The summed E-state index contributed by atoms with van der Waals surface area (Å²) >= 11 is 0. The van der Waals surface area contributed by atoms with Crippen LogP contribution in [0.4, 0.5) is 0 Å². The lowest BCUT2D eigenvalue weighted by atomic mass is 10.1. The van der Waals surface area contributed by atoms with Crippen molar-refractivity contribution in [2.45, 2.75) is 206 Å². The third-order valence-corrected chi connectivity index (χ3v) is 9.93. The molecule has 9 nitrogen and oxygen atoms in total. The van der Waals surface area contributed by atoms with Crippen LogP contribution in [-0.2, 0) is 27.9 Å². The number of hydrogen-bond acceptors (Lipinski definition) is 7. The summed E-state index contributed by atoms with van der Waals surface area (Å²) in [5, 5.41) is 12.6. The zero-order valence-electron chi connectivity index (χ0n) is 32.4. The molecule has 0 saturated carbocycles. The standard InChI is InChI=1S/C40H78NO8P/c1-3-5-7-9-11-13-15-16-17-18-19-20-21-23-24-26-28-30-32-39(43)41-34-35-48-50(45,46)49-37-38(42)36-47-40(44)33-31-29-27-25-22-14-12-10-8-6-4-2/h17-18,38,42H,3-16,19-37H2,1-2H3,(H,41,43)(H,45,46)/b18-17-. The Bertz CT molecular complexity index is 840. The molecule has 50 heavy (non-hydrogen) atoms. The fourth-order valence-corrected chi connectivity index (χ4v) is 6.54. The molecule has 0 rings (SSSR count). The monoisotopic (exact) mass is 732 g/mol. The van der Waals surface area contributed by atoms with Gasteiger partial charge in [0.15, 0.2) is 0 Å². The highest BCUT2D eigenvalue weighted by Crippen LogP contribution is 2.42. The number of ether oxygens (including phenoxy) is 1. The van der Waals surface area contributed by atoms with E-state index in [0.717, 1.165) is 38.5 Å². The van der Waals surface area contributed by atoms with Crippen molar-refractivity contribution >= 4 is 19.7 Å². The van der Waals surface area contributed by atoms with Crippen LogP contribution >= 0.6 is 7.82 Å². The topological polar surface area (TPSA) is 131 Å². The number of rotatable bonds is 39. The number of carbonyl (C=O) groups is 2. The fraction of sp³-hybridized carbons (Fsp3) is 0.900. The summed E-state index contributed by atoms with van der Waals surface area (Å²) < 4.78 is 26.8. The summed E-state index contributed by atoms with van der Waals surface area (Å²) in [6.07, 6.45) is 37.1. The van der Waals surface area contributed by atoms with E-state index >= 15 is 0 Å². The summed E-state index contributed by atoms with van der Waals surface area (Å²) in [6, 6.07) is 0. The number of aliphatic hydroxyl groups excluding tert-OH is 1. The first-order valence-electron chi connectivity index (χ1n) is 20.7. The van der Waals surface area contributed by atoms with Crippen LogP contribution in [0.25, 0.3) is 0 Å². The van der Waals surface area contributed by atoms with E-state index in [2.05, 4.69) is 31.3 Å². The third-order valence-electron chi connectivity index (χ3n) is 8.95. The van der Waals surface area contributed by atoms with Gasteiger partial charge in [0.05, 0.1) is 13.2 Å². The largest absolute Gasteiger partial charge is 0.472 e. The molecule has 3 N–H and O–H groups in total. The summed E-state index contributed by atoms with van der Waals surface area (Å²) in [5.74, 6) is -0.516. The molecular formula is C40H78NO8P. The Labute approximate surface area is 307 Å². The van der Waals surface area contributed by atoms with Crippen molar-refractivity contribution in [2.24, 2.45) is 0 Å². The highest BCUT2D eigenvalue weighted by molar-refractivity contribution is 7.47. The van der Waals surface area contributed by atoms with Gasteiger partial charge in [0.25, 0.3) is 0 Å². The maximum absolute atomic E-state index is 12.1. The van der Waals surface area contributed by atoms with Crippen LogP contribution in [-0.4, -0.2) is 54.3 Å². The second-order valence-corrected chi connectivity index (χ2v) is 15.4. The molecule has 2 unspecified atom stereocenters. The minimum Gasteiger partial charge on any atom is -0.463 e. The highest BCUT2D eigenvalue weighted by atomic mass is 31.2. The number of allylic oxidation sites excluding steroid dienone is 2. The molecule has 0 fully saturated rings. The van der Waals surface area contributed by atoms with Gasteiger partial charge in [-0.2, -0.15) is 0 Å². The predicted molar refractivity (Wildman–Crippen MR) is 206 cm³/mol. The molecule has 0 spiro atoms. The molecule has 0 bridgehead atoms. The molecular weight excluding hydrogens is 653 g/mol. The molecule has 0 aliphatic carbocycles. The molecule has 2 atom stereocenters. The lowest BCUT2D eigenvalue weighted by molar-refractivity contribution is -0.147. The molecule has 0 aromatic heterocycles. The van der Waals surface area contributed by atoms with Gasteiger partial charge in [0, 0.05) is 19.4 Å². The lowest BCUT2D eigenvalue weighted by Crippen LogP contribution is -2.27. The van der Waals surface area contributed by atoms with Crippen LogP contribution in [0.2, 0.25) is 0 Å². The maximum atomic E-state index is 12.1. The van der Waals surface area contributed by atoms with Crippen molar-refractivity contribution in [3.63, 3.8) is 0 Å². The van der Waals surface area contributed by atoms with E-state index < -0.39 is 26.5 Å². The SMILES string of the molecule is CCCCCCCCC/C=C\CCCCCCCCCC(=O)NCCOP(=O)(O)OCC(O)COC(=O)CCCCCCCCCCCCC. The Morgan fingerprint density at radius 3 is 1.50 bits per heavy atom. The number of carbonyl (C=O) groups excluding carboxylic acids is 2. The summed E-state index contributed by atoms with van der Waals surface area (Å²) in [5.41, 5.74) is 0. The van der Waals surface area contributed by atoms with E-state index in [4.69, 9.17) is 13.8 Å². The lowest BCUT2D eigenvalue weighted by Gasteiger charge is -2.15. The van der Waals surface area contributed by atoms with Gasteiger partial charge in [-0.3, -0.25) is 18.6 Å². The first-order chi connectivity index (χ1) is 24.3. The number of amides is 1. The predicted octanol–water partition coefficient (Wildman–Crippen LogP) is 11.0. The molecule has 0 aliphatic heterocycles. The van der Waals surface area contributed by atoms with Gasteiger partial charge >= 0.3 is 13.8 Å². The molecule has 1 amide bonds. The molecule has 0 aromatic carbocycles. The Balaban J connectivity index is 3.58. The summed E-state index contributed by atoms with van der Waals surface area (Å²) in [7, 11) is -4.41. The van der Waals surface area contributed by atoms with Crippen molar-refractivity contribution < 1.29 is 37.9 Å². The average Bonchev–Trinajstić information content (AvgIpc) is 3.10. The van der Waals surface area contributed by atoms with E-state index in [9.17, 15) is 24.2 Å². The average molecular weight is 732 g/mol. The third kappa shape index (κ3) is 38.0. The minimum atomic E-state index is -4.41. The van der Waals surface area contributed by atoms with Crippen molar-refractivity contribution in [2.75, 3.05) is 26.4 Å². The molecule has 296 valence electrons. The van der Waals surface area contributed by atoms with Crippen LogP contribution in [0.3, 0.4) is 0 Å². The Kier molecular flexibility index (Phi) is 36.6. The Hall–Kier alpha value is -1.25. The number of phosphoric ester groups is 1. The first kappa shape index (κ1) is 48.8. The molecule has 10 heteroatoms. The van der Waals surface area contributed by atoms with Gasteiger partial charge in [-0.15, -0.1) is 0 Å². The van der Waals surface area contributed by atoms with Crippen LogP contribution in [0, 0.1) is 0 Å². The van der Waals surface area contributed by atoms with Crippen LogP contribution < -0.4 is 5.32 Å². The number of nitrogens with one attached hydrogen (secondary N) is 1. The molecule has 0 saturated heterocycles. The van der Waals surface area contributed by atoms with Crippen LogP contribution in [0.5, 0.6) is 0 Å². The zero-order chi connectivity index (χ0) is 36.8. The van der Waals surface area contributed by atoms with E-state index in [-0.39, 0.29) is 32.1 Å². The number of esters is 1. The summed E-state index contributed by atoms with van der Waals surface area (Å²) in [4.78, 5) is 33.8. The fourth-order valence-electron chi connectivity index (χ4n) is 5.79. The second kappa shape index (κ2) is 37.5. The van der Waals surface area contributed by atoms with Crippen molar-refractivity contribution in [3.05, 3.63) is 12.2 Å². The quantitative estimate of drug-likeness (QED) is 0.0246. The summed E-state index contributed by atoms with van der Waals surface area (Å²) in [6.45, 7) is 3.55. The Morgan fingerprint density at radius 1 is 0.600 bits per heavy atom. The van der Waals surface area contributed by atoms with Crippen molar-refractivity contribution in [3.8, 4) is 0 Å². The minimum absolute atomic E-state index is 0.0828. The first-order valence-corrected chi connectivity index (χ1v) is 22.2. The smallest absolute Gasteiger partial charge is 0.463 e. The number of aliphatic hydroxyl groups is 1. The van der Waals surface area contributed by atoms with Gasteiger partial charge in [0.2, 0.25) is 5.91 Å². The van der Waals surface area contributed by atoms with Gasteiger partial charge < -0.3 is 20.1 Å². The zero-order valence-corrected chi connectivity index (χ0v) is 33.3. The molecule has 0 aliphatic rings. The van der Waals surface area contributed by atoms with Gasteiger partial charge in [-0.25, -0.2) is 4.57 Å². The maximum Gasteiger partial charge on any atom is 0.472 e. The Morgan fingerprint density at radius 2 is 1.02 bits per heavy atom. The number of hydrogen-bond donors (Lipinski definition) is 3. The van der Waals surface area contributed by atoms with E-state index in [1.165, 1.54) is 135 Å². The molecule has 0 heterocycles. The normalized spacial score (nSPS) is 13.4. The van der Waals surface area contributed by atoms with Gasteiger partial charge in [0.1, 0.15) is 12.7 Å². The molecule has 0 radical (unpaired) electrons. The second-order valence-electron chi connectivity index (χ2n) is 14.0. The van der Waals surface area contributed by atoms with E-state index in [1.54, 1.807) is 0 Å². The van der Waals surface area contributed by atoms with E-state index in [1.807, 2.05) is 0 Å². The molecule has 0 aromatic rings. The van der Waals surface area contributed by atoms with Gasteiger partial charge in [-0.1, -0.05) is 161 Å². The van der Waals surface area contributed by atoms with Crippen LogP contribution in [0.1, 0.15) is 200 Å². The number of phosphoric acid groups is 1. The van der Waals surface area contributed by atoms with Crippen LogP contribution in [0.15, 0.2) is 12.2 Å². The van der Waals surface area contributed by atoms with Crippen molar-refractivity contribution in [1.82, 2.24) is 5.32 Å². The number of unbranched alkanes of at least 4 members (excludes halogenated alkanes) is 24. The van der Waals surface area contributed by atoms with E-state index in [0.29, 0.717) is 6.42 Å². The van der Waals surface area contributed by atoms with Crippen molar-refractivity contribution in [1.29, 1.82) is 0 Å². The highest BCUT2D eigenvalue weighted by Gasteiger charge is 2.23. The van der Waals surface area contributed by atoms with Gasteiger partial charge in [-0.05, 0) is 38.5 Å².